The minimum atomic E-state index is -5.08. The van der Waals surface area contributed by atoms with Gasteiger partial charge >= 0.3 is 24.3 Å². The van der Waals surface area contributed by atoms with E-state index in [9.17, 15) is 36.5 Å². The van der Waals surface area contributed by atoms with Gasteiger partial charge in [-0.2, -0.15) is 26.3 Å². The predicted molar refractivity (Wildman–Crippen MR) is 115 cm³/mol. The molecule has 3 rings (SSSR count). The number of non-ortho nitro benzene ring substituents is 1. The summed E-state index contributed by atoms with van der Waals surface area (Å²) < 4.78 is 63.5. The van der Waals surface area contributed by atoms with Gasteiger partial charge in [0.1, 0.15) is 5.52 Å². The normalized spacial score (nSPS) is 14.6. The molecule has 0 bridgehead atoms. The molecule has 36 heavy (non-hydrogen) atoms. The van der Waals surface area contributed by atoms with Crippen LogP contribution in [0.1, 0.15) is 13.3 Å². The number of anilines is 1. The number of hydrogen-bond donors (Lipinski definition) is 2. The maximum atomic E-state index is 11.2. The van der Waals surface area contributed by atoms with Crippen LogP contribution in [-0.4, -0.2) is 82.0 Å². The van der Waals surface area contributed by atoms with E-state index in [2.05, 4.69) is 21.7 Å². The van der Waals surface area contributed by atoms with Gasteiger partial charge in [0.25, 0.3) is 5.69 Å². The number of nitrogens with zero attached hydrogens (tertiary/aromatic N) is 4. The second kappa shape index (κ2) is 12.9. The molecule has 2 aromatic rings. The van der Waals surface area contributed by atoms with E-state index in [-0.39, 0.29) is 10.6 Å². The number of halogens is 6. The van der Waals surface area contributed by atoms with Gasteiger partial charge in [0.15, 0.2) is 0 Å². The Bertz CT molecular complexity index is 1040. The fraction of sp³-hybridized carbons (Fsp3) is 0.450. The number of nitro benzene ring substituents is 1. The van der Waals surface area contributed by atoms with E-state index in [1.165, 1.54) is 0 Å². The Balaban J connectivity index is 0.000000383. The Kier molecular flexibility index (Phi) is 10.8. The van der Waals surface area contributed by atoms with Gasteiger partial charge in [-0.3, -0.25) is 15.1 Å². The average molecular weight is 528 g/mol. The number of fused-ring (bicyclic) bond motifs is 1. The number of pyridine rings is 1. The minimum absolute atomic E-state index is 0.122. The zero-order valence-electron chi connectivity index (χ0n) is 18.7. The zero-order chi connectivity index (χ0) is 27.7. The number of rotatable bonds is 3. The van der Waals surface area contributed by atoms with Crippen LogP contribution in [0.4, 0.5) is 37.7 Å². The molecule has 1 aliphatic heterocycles. The summed E-state index contributed by atoms with van der Waals surface area (Å²) in [6.45, 7) is 7.25. The molecular formula is C20H22F6N4O6. The summed E-state index contributed by atoms with van der Waals surface area (Å²) in [6.07, 6.45) is -7.37. The first-order valence-corrected chi connectivity index (χ1v) is 10.2. The Labute approximate surface area is 199 Å². The van der Waals surface area contributed by atoms with Crippen molar-refractivity contribution in [2.24, 2.45) is 0 Å². The van der Waals surface area contributed by atoms with Gasteiger partial charge in [-0.25, -0.2) is 9.59 Å². The molecule has 0 radical (unpaired) electrons. The summed E-state index contributed by atoms with van der Waals surface area (Å²) in [5, 5.41) is 26.1. The van der Waals surface area contributed by atoms with Crippen LogP contribution in [0.2, 0.25) is 0 Å². The zero-order valence-corrected chi connectivity index (χ0v) is 18.7. The molecule has 0 unspecified atom stereocenters. The number of likely N-dealkylation sites (N-methyl/N-ethyl adjacent to an activating group) is 1. The summed E-state index contributed by atoms with van der Waals surface area (Å²) in [5.41, 5.74) is 1.85. The molecule has 1 aromatic heterocycles. The second-order valence-corrected chi connectivity index (χ2v) is 7.14. The van der Waals surface area contributed by atoms with Crippen LogP contribution in [0.25, 0.3) is 10.9 Å². The summed E-state index contributed by atoms with van der Waals surface area (Å²) in [7, 11) is 0. The van der Waals surface area contributed by atoms with Crippen LogP contribution in [-0.2, 0) is 9.59 Å². The van der Waals surface area contributed by atoms with Crippen molar-refractivity contribution in [3.8, 4) is 0 Å². The Morgan fingerprint density at radius 1 is 1.00 bits per heavy atom. The molecule has 16 heteroatoms. The fourth-order valence-electron chi connectivity index (χ4n) is 3.09. The largest absolute Gasteiger partial charge is 0.490 e. The van der Waals surface area contributed by atoms with Crippen molar-refractivity contribution < 1.29 is 51.1 Å². The fourth-order valence-corrected chi connectivity index (χ4v) is 3.09. The number of carboxylic acid groups (broad SMARTS) is 2. The van der Waals surface area contributed by atoms with E-state index in [1.54, 1.807) is 24.4 Å². The van der Waals surface area contributed by atoms with Crippen LogP contribution >= 0.6 is 0 Å². The number of hydrogen-bond acceptors (Lipinski definition) is 7. The number of alkyl halides is 6. The van der Waals surface area contributed by atoms with Crippen molar-refractivity contribution in [3.05, 3.63) is 40.6 Å². The first-order valence-electron chi connectivity index (χ1n) is 10.2. The highest BCUT2D eigenvalue weighted by atomic mass is 19.4. The molecule has 1 saturated heterocycles. The van der Waals surface area contributed by atoms with Gasteiger partial charge in [0, 0.05) is 31.9 Å². The summed E-state index contributed by atoms with van der Waals surface area (Å²) in [4.78, 5) is 37.8. The molecule has 1 fully saturated rings. The van der Waals surface area contributed by atoms with Crippen LogP contribution in [0.5, 0.6) is 0 Å². The Hall–Kier alpha value is -3.69. The molecule has 0 aliphatic carbocycles. The number of aliphatic carboxylic acids is 2. The third kappa shape index (κ3) is 9.16. The van der Waals surface area contributed by atoms with Crippen LogP contribution in [0, 0.1) is 10.1 Å². The molecule has 2 N–H and O–H groups in total. The third-order valence-electron chi connectivity index (χ3n) is 4.78. The minimum Gasteiger partial charge on any atom is -0.475 e. The second-order valence-electron chi connectivity index (χ2n) is 7.14. The summed E-state index contributed by atoms with van der Waals surface area (Å²) in [5.74, 6) is -5.51. The van der Waals surface area contributed by atoms with Crippen molar-refractivity contribution in [3.63, 3.8) is 0 Å². The van der Waals surface area contributed by atoms with Gasteiger partial charge in [0.2, 0.25) is 0 Å². The van der Waals surface area contributed by atoms with Gasteiger partial charge in [-0.15, -0.1) is 0 Å². The molecule has 1 aliphatic rings. The molecule has 2 heterocycles. The lowest BCUT2D eigenvalue weighted by atomic mass is 10.1. The molecule has 0 amide bonds. The predicted octanol–water partition coefficient (Wildman–Crippen LogP) is 3.94. The maximum absolute atomic E-state index is 11.2. The van der Waals surface area contributed by atoms with Crippen molar-refractivity contribution in [1.29, 1.82) is 0 Å². The highest BCUT2D eigenvalue weighted by Gasteiger charge is 2.38. The molecular weight excluding hydrogens is 506 g/mol. The first-order chi connectivity index (χ1) is 16.6. The Morgan fingerprint density at radius 3 is 2.03 bits per heavy atom. The van der Waals surface area contributed by atoms with Gasteiger partial charge in [-0.05, 0) is 37.7 Å². The highest BCUT2D eigenvalue weighted by molar-refractivity contribution is 5.97. The van der Waals surface area contributed by atoms with Crippen LogP contribution in [0.15, 0.2) is 30.5 Å². The quantitative estimate of drug-likeness (QED) is 0.345. The van der Waals surface area contributed by atoms with Crippen molar-refractivity contribution in [2.45, 2.75) is 25.7 Å². The van der Waals surface area contributed by atoms with Crippen molar-refractivity contribution in [2.75, 3.05) is 37.6 Å². The van der Waals surface area contributed by atoms with E-state index >= 15 is 0 Å². The SMILES string of the molecule is CCN1CCCN(c2ccc([N+](=O)[O-])c3cccnc23)CC1.O=C(O)C(F)(F)F.O=C(O)C(F)(F)F. The van der Waals surface area contributed by atoms with E-state index in [0.717, 1.165) is 50.3 Å². The lowest BCUT2D eigenvalue weighted by Crippen LogP contribution is -2.30. The van der Waals surface area contributed by atoms with Gasteiger partial charge < -0.3 is 20.0 Å². The monoisotopic (exact) mass is 528 g/mol. The number of carboxylic acids is 2. The van der Waals surface area contributed by atoms with Crippen LogP contribution in [0.3, 0.4) is 0 Å². The van der Waals surface area contributed by atoms with E-state index < -0.39 is 24.3 Å². The maximum Gasteiger partial charge on any atom is 0.490 e. The molecule has 0 spiro atoms. The number of aromatic nitrogens is 1. The smallest absolute Gasteiger partial charge is 0.475 e. The number of benzene rings is 1. The molecule has 1 aromatic carbocycles. The molecule has 0 saturated carbocycles. The van der Waals surface area contributed by atoms with E-state index in [0.29, 0.717) is 5.39 Å². The lowest BCUT2D eigenvalue weighted by molar-refractivity contribution is -0.383. The highest BCUT2D eigenvalue weighted by Crippen LogP contribution is 2.32. The molecule has 10 nitrogen and oxygen atoms in total. The topological polar surface area (TPSA) is 137 Å². The Morgan fingerprint density at radius 2 is 1.56 bits per heavy atom. The third-order valence-corrected chi connectivity index (χ3v) is 4.78. The average Bonchev–Trinajstić information content (AvgIpc) is 3.03. The summed E-state index contributed by atoms with van der Waals surface area (Å²) >= 11 is 0. The van der Waals surface area contributed by atoms with E-state index in [4.69, 9.17) is 19.8 Å². The lowest BCUT2D eigenvalue weighted by Gasteiger charge is -2.24. The van der Waals surface area contributed by atoms with Crippen molar-refractivity contribution >= 4 is 34.2 Å². The first kappa shape index (κ1) is 30.3. The number of carbonyl (C=O) groups is 2. The van der Waals surface area contributed by atoms with Gasteiger partial charge in [-0.1, -0.05) is 6.92 Å². The standard InChI is InChI=1S/C16H20N4O2.2C2HF3O2/c1-2-18-9-4-10-19(12-11-18)15-7-6-14(20(21)22)13-5-3-8-17-16(13)15;2*3-2(4,5)1(6)7/h3,5-8H,2,4,9-12H2,1H3;2*(H,6,7). The van der Waals surface area contributed by atoms with Crippen LogP contribution < -0.4 is 4.90 Å². The van der Waals surface area contributed by atoms with Crippen molar-refractivity contribution in [1.82, 2.24) is 9.88 Å². The summed E-state index contributed by atoms with van der Waals surface area (Å²) in [6, 6.07) is 6.97. The van der Waals surface area contributed by atoms with E-state index in [1.807, 2.05) is 6.07 Å². The molecule has 0 atom stereocenters. The molecule has 200 valence electrons. The number of nitro groups is 1. The van der Waals surface area contributed by atoms with Gasteiger partial charge in [0.05, 0.1) is 16.0 Å².